The van der Waals surface area contributed by atoms with Crippen molar-refractivity contribution in [3.05, 3.63) is 29.8 Å². The number of benzene rings is 1. The van der Waals surface area contributed by atoms with Gasteiger partial charge in [0.05, 0.1) is 0 Å². The Balaban J connectivity index is 2.08. The first-order chi connectivity index (χ1) is 11.2. The van der Waals surface area contributed by atoms with Crippen LogP contribution in [-0.4, -0.2) is 53.8 Å². The zero-order chi connectivity index (χ0) is 17.9. The average Bonchev–Trinajstić information content (AvgIpc) is 2.49. The highest BCUT2D eigenvalue weighted by Crippen LogP contribution is 2.30. The second-order valence-electron chi connectivity index (χ2n) is 6.25. The summed E-state index contributed by atoms with van der Waals surface area (Å²) in [6.07, 6.45) is -3.81. The fourth-order valence-electron chi connectivity index (χ4n) is 3.36. The Hall–Kier alpha value is -1.25. The Morgan fingerprint density at radius 2 is 1.92 bits per heavy atom. The lowest BCUT2D eigenvalue weighted by atomic mass is 9.83. The summed E-state index contributed by atoms with van der Waals surface area (Å²) in [4.78, 5) is 4.37. The van der Waals surface area contributed by atoms with E-state index in [1.165, 1.54) is 12.1 Å². The van der Waals surface area contributed by atoms with Crippen molar-refractivity contribution in [2.45, 2.75) is 45.5 Å². The van der Waals surface area contributed by atoms with Gasteiger partial charge in [0.2, 0.25) is 0 Å². The lowest BCUT2D eigenvalue weighted by molar-refractivity contribution is -0.274. The third kappa shape index (κ3) is 4.88. The molecule has 2 atom stereocenters. The van der Waals surface area contributed by atoms with Gasteiger partial charge in [0.25, 0.3) is 0 Å². The number of halogens is 3. The summed E-state index contributed by atoms with van der Waals surface area (Å²) in [5.74, 6) is -0.201. The van der Waals surface area contributed by atoms with Gasteiger partial charge in [-0.25, -0.2) is 0 Å². The molecule has 1 saturated heterocycles. The zero-order valence-electron chi connectivity index (χ0n) is 14.3. The Morgan fingerprint density at radius 1 is 1.29 bits per heavy atom. The molecule has 1 N–H and O–H groups in total. The molecule has 134 valence electrons. The summed E-state index contributed by atoms with van der Waals surface area (Å²) in [7, 11) is -0.464. The predicted molar refractivity (Wildman–Crippen MR) is 87.7 cm³/mol. The van der Waals surface area contributed by atoms with Crippen molar-refractivity contribution in [3.63, 3.8) is 0 Å². The van der Waals surface area contributed by atoms with Crippen LogP contribution in [0.3, 0.4) is 0 Å². The Morgan fingerprint density at radius 3 is 2.38 bits per heavy atom. The van der Waals surface area contributed by atoms with Crippen molar-refractivity contribution in [3.8, 4) is 5.75 Å². The number of ether oxygens (including phenoxy) is 1. The molecular weight excluding hydrogens is 320 g/mol. The zero-order valence-corrected chi connectivity index (χ0v) is 14.3. The van der Waals surface area contributed by atoms with Crippen LogP contribution < -0.4 is 4.74 Å². The number of rotatable bonds is 5. The van der Waals surface area contributed by atoms with Gasteiger partial charge in [0.1, 0.15) is 5.75 Å². The highest BCUT2D eigenvalue weighted by molar-refractivity contribution is 6.45. The van der Waals surface area contributed by atoms with Crippen LogP contribution >= 0.6 is 0 Å². The van der Waals surface area contributed by atoms with E-state index in [9.17, 15) is 18.2 Å². The van der Waals surface area contributed by atoms with Gasteiger partial charge in [0.15, 0.2) is 0 Å². The maximum atomic E-state index is 12.3. The Labute approximate surface area is 141 Å². The van der Waals surface area contributed by atoms with Crippen LogP contribution in [0.5, 0.6) is 5.75 Å². The summed E-state index contributed by atoms with van der Waals surface area (Å²) < 4.78 is 40.7. The highest BCUT2D eigenvalue weighted by atomic mass is 19.4. The Bertz CT molecular complexity index is 525. The standard InChI is InChI=1S/C16H24BF3N2O2/c1-4-15(22-10-9-21(17(3)23)11-12(22)2)13-5-7-14(8-6-13)24-16(18,19)20/h5-8,12,15,23H,4,9-11H2,1-3H3/t12-,15-/m0/s1. The van der Waals surface area contributed by atoms with Crippen LogP contribution in [0.2, 0.25) is 6.82 Å². The molecule has 1 heterocycles. The van der Waals surface area contributed by atoms with Gasteiger partial charge in [0, 0.05) is 31.7 Å². The predicted octanol–water partition coefficient (Wildman–Crippen LogP) is 3.15. The molecule has 0 aromatic heterocycles. The normalized spacial score (nSPS) is 21.5. The molecule has 0 amide bonds. The molecule has 0 unspecified atom stereocenters. The van der Waals surface area contributed by atoms with E-state index >= 15 is 0 Å². The van der Waals surface area contributed by atoms with E-state index in [2.05, 4.69) is 23.5 Å². The maximum absolute atomic E-state index is 12.3. The Kier molecular flexibility index (Phi) is 6.17. The van der Waals surface area contributed by atoms with Gasteiger partial charge in [-0.15, -0.1) is 13.2 Å². The lowest BCUT2D eigenvalue weighted by Crippen LogP contribution is -2.56. The van der Waals surface area contributed by atoms with Crippen LogP contribution in [-0.2, 0) is 0 Å². The molecule has 0 spiro atoms. The van der Waals surface area contributed by atoms with Crippen molar-refractivity contribution >= 4 is 7.05 Å². The van der Waals surface area contributed by atoms with Crippen molar-refractivity contribution in [1.82, 2.24) is 9.71 Å². The molecule has 0 aliphatic carbocycles. The average molecular weight is 344 g/mol. The van der Waals surface area contributed by atoms with Gasteiger partial charge in [-0.2, -0.15) is 0 Å². The second kappa shape index (κ2) is 7.76. The maximum Gasteiger partial charge on any atom is 0.573 e. The first kappa shape index (κ1) is 19.1. The SMILES string of the molecule is CC[C@@H](c1ccc(OC(F)(F)F)cc1)N1CCN(B(C)O)C[C@@H]1C. The topological polar surface area (TPSA) is 35.9 Å². The van der Waals surface area contributed by atoms with Crippen LogP contribution in [0.25, 0.3) is 0 Å². The van der Waals surface area contributed by atoms with E-state index in [-0.39, 0.29) is 17.8 Å². The molecule has 0 saturated carbocycles. The summed E-state index contributed by atoms with van der Waals surface area (Å²) in [5, 5.41) is 9.72. The quantitative estimate of drug-likeness (QED) is 0.833. The molecule has 2 rings (SSSR count). The van der Waals surface area contributed by atoms with E-state index in [0.29, 0.717) is 0 Å². The van der Waals surface area contributed by atoms with E-state index in [0.717, 1.165) is 31.6 Å². The number of alkyl halides is 3. The van der Waals surface area contributed by atoms with Gasteiger partial charge < -0.3 is 14.6 Å². The fraction of sp³-hybridized carbons (Fsp3) is 0.625. The molecule has 1 aromatic rings. The van der Waals surface area contributed by atoms with Crippen molar-refractivity contribution < 1.29 is 22.9 Å². The molecule has 1 aliphatic heterocycles. The van der Waals surface area contributed by atoms with Gasteiger partial charge in [-0.05, 0) is 37.9 Å². The smallest absolute Gasteiger partial charge is 0.437 e. The number of hydrogen-bond donors (Lipinski definition) is 1. The molecule has 1 aliphatic rings. The summed E-state index contributed by atoms with van der Waals surface area (Å²) in [5.41, 5.74) is 0.976. The third-order valence-corrected chi connectivity index (χ3v) is 4.52. The molecule has 8 heteroatoms. The molecule has 1 fully saturated rings. The molecule has 0 bridgehead atoms. The molecule has 0 radical (unpaired) electrons. The van der Waals surface area contributed by atoms with E-state index in [1.54, 1.807) is 19.0 Å². The minimum Gasteiger partial charge on any atom is -0.437 e. The summed E-state index contributed by atoms with van der Waals surface area (Å²) in [6.45, 7) is 8.29. The monoisotopic (exact) mass is 344 g/mol. The summed E-state index contributed by atoms with van der Waals surface area (Å²) in [6, 6.07) is 6.51. The van der Waals surface area contributed by atoms with Gasteiger partial charge in [-0.1, -0.05) is 19.1 Å². The fourth-order valence-corrected chi connectivity index (χ4v) is 3.36. The van der Waals surface area contributed by atoms with E-state index < -0.39 is 13.4 Å². The van der Waals surface area contributed by atoms with Crippen LogP contribution in [0, 0.1) is 0 Å². The van der Waals surface area contributed by atoms with Crippen molar-refractivity contribution in [1.29, 1.82) is 0 Å². The van der Waals surface area contributed by atoms with Crippen LogP contribution in [0.1, 0.15) is 31.9 Å². The minimum atomic E-state index is -4.67. The second-order valence-corrected chi connectivity index (χ2v) is 6.25. The number of piperazine rings is 1. The van der Waals surface area contributed by atoms with E-state index in [1.807, 2.05) is 4.81 Å². The van der Waals surface area contributed by atoms with Crippen molar-refractivity contribution in [2.75, 3.05) is 19.6 Å². The largest absolute Gasteiger partial charge is 0.573 e. The number of nitrogens with zero attached hydrogens (tertiary/aromatic N) is 2. The molecule has 24 heavy (non-hydrogen) atoms. The van der Waals surface area contributed by atoms with Crippen LogP contribution in [0.15, 0.2) is 24.3 Å². The summed E-state index contributed by atoms with van der Waals surface area (Å²) >= 11 is 0. The van der Waals surface area contributed by atoms with Crippen molar-refractivity contribution in [2.24, 2.45) is 0 Å². The lowest BCUT2D eigenvalue weighted by Gasteiger charge is -2.44. The number of hydrogen-bond acceptors (Lipinski definition) is 4. The molecule has 1 aromatic carbocycles. The first-order valence-electron chi connectivity index (χ1n) is 8.25. The molecule has 4 nitrogen and oxygen atoms in total. The third-order valence-electron chi connectivity index (χ3n) is 4.52. The molecular formula is C16H24BF3N2O2. The van der Waals surface area contributed by atoms with Crippen LogP contribution in [0.4, 0.5) is 13.2 Å². The van der Waals surface area contributed by atoms with Gasteiger partial charge in [-0.3, -0.25) is 4.90 Å². The van der Waals surface area contributed by atoms with E-state index in [4.69, 9.17) is 0 Å². The first-order valence-corrected chi connectivity index (χ1v) is 8.25. The van der Waals surface area contributed by atoms with Gasteiger partial charge >= 0.3 is 13.4 Å². The minimum absolute atomic E-state index is 0.135. The highest BCUT2D eigenvalue weighted by Gasteiger charge is 2.33.